The molecule has 3 atom stereocenters. The van der Waals surface area contributed by atoms with Crippen LogP contribution in [-0.4, -0.2) is 62.1 Å². The Kier molecular flexibility index (Phi) is 10.6. The van der Waals surface area contributed by atoms with E-state index in [2.05, 4.69) is 17.2 Å². The van der Waals surface area contributed by atoms with E-state index in [9.17, 15) is 9.59 Å². The average molecular weight is 398 g/mol. The predicted molar refractivity (Wildman–Crippen MR) is 95.2 cm³/mol. The molecule has 1 heterocycles. The molecule has 0 aliphatic heterocycles. The monoisotopic (exact) mass is 397 g/mol. The number of hydrogen-bond donors (Lipinski definition) is 6. The van der Waals surface area contributed by atoms with Crippen LogP contribution in [0.1, 0.15) is 30.3 Å². The van der Waals surface area contributed by atoms with Crippen molar-refractivity contribution < 1.29 is 30.0 Å². The molecule has 9 nitrogen and oxygen atoms in total. The molecule has 0 bridgehead atoms. The van der Waals surface area contributed by atoms with Crippen molar-refractivity contribution in [2.45, 2.75) is 50.9 Å². The van der Waals surface area contributed by atoms with Crippen molar-refractivity contribution in [3.63, 3.8) is 0 Å². The highest BCUT2D eigenvalue weighted by Gasteiger charge is 2.29. The number of hydrogen-bond acceptors (Lipinski definition) is 8. The zero-order valence-corrected chi connectivity index (χ0v) is 15.3. The number of aliphatic carboxylic acids is 2. The number of nitrogens with one attached hydrogen (secondary N) is 1. The zero-order valence-electron chi connectivity index (χ0n) is 13.7. The lowest BCUT2D eigenvalue weighted by Gasteiger charge is -2.21. The Bertz CT molecular complexity index is 553. The number of aromatic nitrogens is 1. The number of aliphatic hydroxyl groups excluding tert-OH is 2. The molecule has 0 amide bonds. The van der Waals surface area contributed by atoms with Gasteiger partial charge in [-0.15, -0.1) is 23.7 Å². The van der Waals surface area contributed by atoms with Crippen LogP contribution < -0.4 is 11.1 Å². The van der Waals surface area contributed by atoms with E-state index < -0.39 is 24.1 Å². The number of nitrogen functional groups attached to an aromatic ring is 1. The van der Waals surface area contributed by atoms with Crippen molar-refractivity contribution in [3.8, 4) is 0 Å². The van der Waals surface area contributed by atoms with Crippen LogP contribution in [0, 0.1) is 0 Å². The molecule has 3 unspecified atom stereocenters. The number of carboxylic acid groups (broad SMARTS) is 2. The van der Waals surface area contributed by atoms with Crippen LogP contribution in [0.5, 0.6) is 0 Å². The molecule has 0 spiro atoms. The number of carbonyl (C=O) groups is 2. The lowest BCUT2D eigenvalue weighted by Crippen LogP contribution is -2.39. The molecule has 2 rings (SSSR count). The molecule has 0 radical (unpaired) electrons. The lowest BCUT2D eigenvalue weighted by atomic mass is 9.98. The number of aliphatic hydroxyl groups is 2. The molecule has 1 aliphatic rings. The predicted octanol–water partition coefficient (Wildman–Crippen LogP) is -0.119. The first-order valence-electron chi connectivity index (χ1n) is 7.55. The first-order chi connectivity index (χ1) is 11.3. The summed E-state index contributed by atoms with van der Waals surface area (Å²) in [6.07, 6.45) is 0.0777. The Morgan fingerprint density at radius 1 is 1.32 bits per heavy atom. The summed E-state index contributed by atoms with van der Waals surface area (Å²) in [5, 5.41) is 36.8. The third-order valence-electron chi connectivity index (χ3n) is 3.44. The van der Waals surface area contributed by atoms with E-state index in [-0.39, 0.29) is 12.4 Å². The van der Waals surface area contributed by atoms with Gasteiger partial charge in [0, 0.05) is 10.9 Å². The molecule has 0 saturated heterocycles. The molecular weight excluding hydrogens is 374 g/mol. The van der Waals surface area contributed by atoms with E-state index in [4.69, 9.17) is 26.2 Å². The van der Waals surface area contributed by atoms with E-state index in [1.165, 1.54) is 23.4 Å². The van der Waals surface area contributed by atoms with Gasteiger partial charge in [0.05, 0.1) is 5.69 Å². The molecule has 1 aliphatic carbocycles. The first kappa shape index (κ1) is 23.5. The molecule has 1 aromatic heterocycles. The standard InChI is InChI=1S/C10H17N3S.C4H6O6.ClH/c1-2-5-12-7-3-4-8-9(6-7)14-10(11)13-8;5-1(3(7)8)2(6)4(9)10;/h7,12H,2-6H2,1H3,(H2,11,13);1-2,5-6H,(H,7,8)(H,9,10);1H. The number of anilines is 1. The molecule has 0 aromatic carbocycles. The summed E-state index contributed by atoms with van der Waals surface area (Å²) in [6.45, 7) is 3.32. The van der Waals surface area contributed by atoms with Crippen LogP contribution in [0.15, 0.2) is 0 Å². The summed E-state index contributed by atoms with van der Waals surface area (Å²) < 4.78 is 0. The molecule has 0 fully saturated rings. The van der Waals surface area contributed by atoms with E-state index >= 15 is 0 Å². The second-order valence-corrected chi connectivity index (χ2v) is 6.50. The molecular formula is C14H24ClN3O6S. The average Bonchev–Trinajstić information content (AvgIpc) is 2.91. The van der Waals surface area contributed by atoms with Crippen molar-refractivity contribution in [2.24, 2.45) is 0 Å². The number of rotatable bonds is 6. The van der Waals surface area contributed by atoms with E-state index in [0.717, 1.165) is 24.5 Å². The highest BCUT2D eigenvalue weighted by molar-refractivity contribution is 7.15. The van der Waals surface area contributed by atoms with Gasteiger partial charge < -0.3 is 31.5 Å². The Labute approximate surface area is 155 Å². The quantitative estimate of drug-likeness (QED) is 0.383. The number of aryl methyl sites for hydroxylation is 1. The van der Waals surface area contributed by atoms with Crippen LogP contribution in [-0.2, 0) is 22.4 Å². The number of carboxylic acids is 2. The maximum absolute atomic E-state index is 9.77. The van der Waals surface area contributed by atoms with Gasteiger partial charge in [0.15, 0.2) is 17.3 Å². The minimum Gasteiger partial charge on any atom is -0.479 e. The Morgan fingerprint density at radius 3 is 2.36 bits per heavy atom. The molecule has 11 heteroatoms. The minimum atomic E-state index is -2.27. The number of nitrogens with two attached hydrogens (primary N) is 1. The Morgan fingerprint density at radius 2 is 1.88 bits per heavy atom. The summed E-state index contributed by atoms with van der Waals surface area (Å²) in [6, 6.07) is 0.641. The number of nitrogens with zero attached hydrogens (tertiary/aromatic N) is 1. The summed E-state index contributed by atoms with van der Waals surface area (Å²) in [5.41, 5.74) is 6.93. The maximum Gasteiger partial charge on any atom is 0.335 e. The SMILES string of the molecule is CCCNC1CCc2nc(N)sc2C1.Cl.O=C(O)C(O)C(O)C(=O)O. The molecule has 25 heavy (non-hydrogen) atoms. The molecule has 7 N–H and O–H groups in total. The fraction of sp³-hybridized carbons (Fsp3) is 0.643. The van der Waals surface area contributed by atoms with Crippen molar-refractivity contribution in [3.05, 3.63) is 10.6 Å². The number of halogens is 1. The summed E-state index contributed by atoms with van der Waals surface area (Å²) in [4.78, 5) is 25.3. The van der Waals surface area contributed by atoms with Crippen LogP contribution in [0.4, 0.5) is 5.13 Å². The Balaban J connectivity index is 0.000000471. The van der Waals surface area contributed by atoms with Gasteiger partial charge in [-0.3, -0.25) is 0 Å². The van der Waals surface area contributed by atoms with E-state index in [1.807, 2.05) is 0 Å². The van der Waals surface area contributed by atoms with Crippen LogP contribution in [0.3, 0.4) is 0 Å². The number of thiazole rings is 1. The molecule has 0 saturated carbocycles. The van der Waals surface area contributed by atoms with Crippen LogP contribution >= 0.6 is 23.7 Å². The van der Waals surface area contributed by atoms with Gasteiger partial charge in [-0.25, -0.2) is 14.6 Å². The minimum absolute atomic E-state index is 0. The maximum atomic E-state index is 9.77. The van der Waals surface area contributed by atoms with Gasteiger partial charge >= 0.3 is 11.9 Å². The van der Waals surface area contributed by atoms with Gasteiger partial charge in [0.1, 0.15) is 0 Å². The highest BCUT2D eigenvalue weighted by atomic mass is 35.5. The fourth-order valence-corrected chi connectivity index (χ4v) is 3.15. The second-order valence-electron chi connectivity index (χ2n) is 5.38. The molecule has 144 valence electrons. The molecule has 1 aromatic rings. The lowest BCUT2D eigenvalue weighted by molar-refractivity contribution is -0.165. The van der Waals surface area contributed by atoms with Crippen molar-refractivity contribution in [1.82, 2.24) is 10.3 Å². The third-order valence-corrected chi connectivity index (χ3v) is 4.39. The van der Waals surface area contributed by atoms with E-state index in [0.29, 0.717) is 6.04 Å². The van der Waals surface area contributed by atoms with Crippen LogP contribution in [0.2, 0.25) is 0 Å². The smallest absolute Gasteiger partial charge is 0.335 e. The number of fused-ring (bicyclic) bond motifs is 1. The normalized spacial score (nSPS) is 18.0. The second kappa shape index (κ2) is 11.2. The van der Waals surface area contributed by atoms with E-state index in [1.54, 1.807) is 11.3 Å². The third kappa shape index (κ3) is 7.53. The van der Waals surface area contributed by atoms with Gasteiger partial charge in [0.2, 0.25) is 0 Å². The first-order valence-corrected chi connectivity index (χ1v) is 8.37. The summed E-state index contributed by atoms with van der Waals surface area (Å²) in [7, 11) is 0. The topological polar surface area (TPSA) is 166 Å². The fourth-order valence-electron chi connectivity index (χ4n) is 2.19. The van der Waals surface area contributed by atoms with Crippen molar-refractivity contribution in [2.75, 3.05) is 12.3 Å². The van der Waals surface area contributed by atoms with Crippen molar-refractivity contribution in [1.29, 1.82) is 0 Å². The van der Waals surface area contributed by atoms with Gasteiger partial charge in [-0.05, 0) is 32.2 Å². The van der Waals surface area contributed by atoms with Crippen LogP contribution in [0.25, 0.3) is 0 Å². The summed E-state index contributed by atoms with van der Waals surface area (Å²) in [5.74, 6) is -3.54. The van der Waals surface area contributed by atoms with Crippen molar-refractivity contribution >= 4 is 40.8 Å². The largest absolute Gasteiger partial charge is 0.479 e. The zero-order chi connectivity index (χ0) is 18.3. The van der Waals surface area contributed by atoms with Gasteiger partial charge in [0.25, 0.3) is 0 Å². The van der Waals surface area contributed by atoms with Gasteiger partial charge in [-0.2, -0.15) is 0 Å². The highest BCUT2D eigenvalue weighted by Crippen LogP contribution is 2.27. The Hall–Kier alpha value is -1.46. The summed E-state index contributed by atoms with van der Waals surface area (Å²) >= 11 is 1.65. The van der Waals surface area contributed by atoms with Gasteiger partial charge in [-0.1, -0.05) is 6.92 Å².